The summed E-state index contributed by atoms with van der Waals surface area (Å²) in [7, 11) is 0. The van der Waals surface area contributed by atoms with E-state index in [1.165, 1.54) is 0 Å². The van der Waals surface area contributed by atoms with Gasteiger partial charge in [0.2, 0.25) is 5.91 Å². The second kappa shape index (κ2) is 7.92. The van der Waals surface area contributed by atoms with Gasteiger partial charge < -0.3 is 20.3 Å². The van der Waals surface area contributed by atoms with Gasteiger partial charge >= 0.3 is 0 Å². The average molecular weight is 379 g/mol. The Kier molecular flexibility index (Phi) is 5.19. The fourth-order valence-electron chi connectivity index (χ4n) is 3.93. The van der Waals surface area contributed by atoms with Crippen LogP contribution in [0.5, 0.6) is 5.75 Å². The maximum atomic E-state index is 12.5. The first-order chi connectivity index (χ1) is 13.6. The number of para-hydroxylation sites is 2. The van der Waals surface area contributed by atoms with E-state index in [2.05, 4.69) is 16.7 Å². The highest BCUT2D eigenvalue weighted by Crippen LogP contribution is 2.33. The predicted molar refractivity (Wildman–Crippen MR) is 107 cm³/mol. The molecule has 1 saturated heterocycles. The summed E-state index contributed by atoms with van der Waals surface area (Å²) in [6.07, 6.45) is 1.88. The third-order valence-electron chi connectivity index (χ3n) is 5.57. The molecule has 0 atom stereocenters. The van der Waals surface area contributed by atoms with Gasteiger partial charge in [-0.1, -0.05) is 36.4 Å². The second-order valence-corrected chi connectivity index (χ2v) is 7.50. The molecule has 1 spiro atoms. The molecule has 0 bridgehead atoms. The van der Waals surface area contributed by atoms with Crippen molar-refractivity contribution in [3.63, 3.8) is 0 Å². The SMILES string of the molecule is O=C1CC2(CCN(C(=O)COc3ccccc3)CC2)Nc2ccccc2CN1. The maximum Gasteiger partial charge on any atom is 0.260 e. The number of ether oxygens (including phenoxy) is 1. The van der Waals surface area contributed by atoms with E-state index in [4.69, 9.17) is 4.74 Å². The summed E-state index contributed by atoms with van der Waals surface area (Å²) in [4.78, 5) is 26.7. The summed E-state index contributed by atoms with van der Waals surface area (Å²) in [6, 6.07) is 17.4. The lowest BCUT2D eigenvalue weighted by Crippen LogP contribution is -2.54. The van der Waals surface area contributed by atoms with Crippen molar-refractivity contribution in [3.05, 3.63) is 60.2 Å². The summed E-state index contributed by atoms with van der Waals surface area (Å²) < 4.78 is 5.59. The van der Waals surface area contributed by atoms with Crippen molar-refractivity contribution in [2.24, 2.45) is 0 Å². The van der Waals surface area contributed by atoms with Crippen LogP contribution in [0.3, 0.4) is 0 Å². The second-order valence-electron chi connectivity index (χ2n) is 7.50. The van der Waals surface area contributed by atoms with E-state index < -0.39 is 0 Å². The number of hydrogen-bond donors (Lipinski definition) is 2. The van der Waals surface area contributed by atoms with Gasteiger partial charge in [0.1, 0.15) is 5.75 Å². The van der Waals surface area contributed by atoms with Crippen LogP contribution in [0.15, 0.2) is 54.6 Å². The van der Waals surface area contributed by atoms with Crippen molar-refractivity contribution in [1.29, 1.82) is 0 Å². The first-order valence-corrected chi connectivity index (χ1v) is 9.72. The number of piperidine rings is 1. The third-order valence-corrected chi connectivity index (χ3v) is 5.57. The Morgan fingerprint density at radius 1 is 1.04 bits per heavy atom. The Morgan fingerprint density at radius 2 is 1.75 bits per heavy atom. The molecule has 6 heteroatoms. The van der Waals surface area contributed by atoms with Gasteiger partial charge in [-0.3, -0.25) is 9.59 Å². The van der Waals surface area contributed by atoms with Crippen LogP contribution >= 0.6 is 0 Å². The number of nitrogens with zero attached hydrogens (tertiary/aromatic N) is 1. The van der Waals surface area contributed by atoms with Gasteiger partial charge in [0, 0.05) is 37.3 Å². The van der Waals surface area contributed by atoms with Gasteiger partial charge in [-0.15, -0.1) is 0 Å². The number of nitrogens with one attached hydrogen (secondary N) is 2. The molecule has 2 aliphatic rings. The number of likely N-dealkylation sites (tertiary alicyclic amines) is 1. The van der Waals surface area contributed by atoms with Gasteiger partial charge in [0.15, 0.2) is 6.61 Å². The van der Waals surface area contributed by atoms with Crippen LogP contribution in [0.25, 0.3) is 0 Å². The first kappa shape index (κ1) is 18.3. The molecule has 2 aliphatic heterocycles. The van der Waals surface area contributed by atoms with Gasteiger partial charge in [0.05, 0.1) is 0 Å². The zero-order chi connectivity index (χ0) is 19.4. The fraction of sp³-hybridized carbons (Fsp3) is 0.364. The summed E-state index contributed by atoms with van der Waals surface area (Å²) in [5.41, 5.74) is 1.83. The summed E-state index contributed by atoms with van der Waals surface area (Å²) >= 11 is 0. The monoisotopic (exact) mass is 379 g/mol. The molecule has 0 radical (unpaired) electrons. The Hall–Kier alpha value is -3.02. The average Bonchev–Trinajstić information content (AvgIpc) is 2.71. The molecule has 1 fully saturated rings. The normalized spacial score (nSPS) is 18.3. The molecule has 2 amide bonds. The van der Waals surface area contributed by atoms with Crippen LogP contribution in [0, 0.1) is 0 Å². The zero-order valence-electron chi connectivity index (χ0n) is 15.8. The van der Waals surface area contributed by atoms with Crippen LogP contribution in [0.4, 0.5) is 5.69 Å². The molecule has 2 heterocycles. The molecule has 0 saturated carbocycles. The number of fused-ring (bicyclic) bond motifs is 1. The minimum absolute atomic E-state index is 0.0191. The Morgan fingerprint density at radius 3 is 2.54 bits per heavy atom. The van der Waals surface area contributed by atoms with Crippen molar-refractivity contribution in [1.82, 2.24) is 10.2 Å². The molecular formula is C22H25N3O3. The largest absolute Gasteiger partial charge is 0.484 e. The summed E-state index contributed by atoms with van der Waals surface area (Å²) in [6.45, 7) is 1.80. The molecule has 2 aromatic rings. The number of anilines is 1. The molecular weight excluding hydrogens is 354 g/mol. The quantitative estimate of drug-likeness (QED) is 0.860. The van der Waals surface area contributed by atoms with Crippen LogP contribution in [0.2, 0.25) is 0 Å². The number of carbonyl (C=O) groups is 2. The van der Waals surface area contributed by atoms with E-state index in [1.54, 1.807) is 0 Å². The molecule has 0 aromatic heterocycles. The molecule has 2 N–H and O–H groups in total. The van der Waals surface area contributed by atoms with Gasteiger partial charge in [-0.05, 0) is 36.6 Å². The van der Waals surface area contributed by atoms with Crippen molar-refractivity contribution in [3.8, 4) is 5.75 Å². The molecule has 4 rings (SSSR count). The Bertz CT molecular complexity index is 845. The molecule has 146 valence electrons. The van der Waals surface area contributed by atoms with E-state index in [0.717, 1.165) is 24.1 Å². The lowest BCUT2D eigenvalue weighted by molar-refractivity contribution is -0.135. The van der Waals surface area contributed by atoms with Crippen LogP contribution in [-0.2, 0) is 16.1 Å². The maximum absolute atomic E-state index is 12.5. The highest BCUT2D eigenvalue weighted by molar-refractivity contribution is 5.80. The molecule has 28 heavy (non-hydrogen) atoms. The van der Waals surface area contributed by atoms with Gasteiger partial charge in [-0.25, -0.2) is 0 Å². The lowest BCUT2D eigenvalue weighted by Gasteiger charge is -2.43. The minimum atomic E-state index is -0.322. The highest BCUT2D eigenvalue weighted by atomic mass is 16.5. The van der Waals surface area contributed by atoms with Crippen LogP contribution in [0.1, 0.15) is 24.8 Å². The number of hydrogen-bond acceptors (Lipinski definition) is 4. The molecule has 2 aromatic carbocycles. The van der Waals surface area contributed by atoms with Crippen molar-refractivity contribution in [2.75, 3.05) is 25.0 Å². The molecule has 0 aliphatic carbocycles. The third kappa shape index (κ3) is 4.11. The van der Waals surface area contributed by atoms with E-state index >= 15 is 0 Å². The molecule has 0 unspecified atom stereocenters. The number of carbonyl (C=O) groups excluding carboxylic acids is 2. The number of rotatable bonds is 3. The fourth-order valence-corrected chi connectivity index (χ4v) is 3.93. The van der Waals surface area contributed by atoms with Crippen molar-refractivity contribution >= 4 is 17.5 Å². The van der Waals surface area contributed by atoms with E-state index in [9.17, 15) is 9.59 Å². The highest BCUT2D eigenvalue weighted by Gasteiger charge is 2.39. The van der Waals surface area contributed by atoms with Gasteiger partial charge in [0.25, 0.3) is 5.91 Å². The number of benzene rings is 2. The van der Waals surface area contributed by atoms with Crippen LogP contribution < -0.4 is 15.4 Å². The van der Waals surface area contributed by atoms with E-state index in [-0.39, 0.29) is 24.0 Å². The predicted octanol–water partition coefficient (Wildman–Crippen LogP) is 2.56. The lowest BCUT2D eigenvalue weighted by atomic mass is 9.82. The zero-order valence-corrected chi connectivity index (χ0v) is 15.8. The smallest absolute Gasteiger partial charge is 0.260 e. The van der Waals surface area contributed by atoms with Crippen molar-refractivity contribution < 1.29 is 14.3 Å². The minimum Gasteiger partial charge on any atom is -0.484 e. The topological polar surface area (TPSA) is 70.7 Å². The van der Waals surface area contributed by atoms with E-state index in [0.29, 0.717) is 31.8 Å². The van der Waals surface area contributed by atoms with Crippen molar-refractivity contribution in [2.45, 2.75) is 31.3 Å². The van der Waals surface area contributed by atoms with Crippen LogP contribution in [-0.4, -0.2) is 41.9 Å². The first-order valence-electron chi connectivity index (χ1n) is 9.72. The molecule has 6 nitrogen and oxygen atoms in total. The number of amides is 2. The van der Waals surface area contributed by atoms with Gasteiger partial charge in [-0.2, -0.15) is 0 Å². The standard InChI is InChI=1S/C22H25N3O3/c26-20-14-22(24-19-9-5-4-6-17(19)15-23-20)10-12-25(13-11-22)21(27)16-28-18-7-2-1-3-8-18/h1-9,24H,10-16H2,(H,23,26). The Balaban J connectivity index is 1.39. The van der Waals surface area contributed by atoms with E-state index in [1.807, 2.05) is 53.4 Å². The Labute approximate surface area is 164 Å². The summed E-state index contributed by atoms with van der Waals surface area (Å²) in [5.74, 6) is 0.725. The summed E-state index contributed by atoms with van der Waals surface area (Å²) in [5, 5.41) is 6.64.